The Morgan fingerprint density at radius 3 is 2.33 bits per heavy atom. The lowest BCUT2D eigenvalue weighted by atomic mass is 10.1. The molecule has 0 saturated heterocycles. The molecule has 24 heavy (non-hydrogen) atoms. The quantitative estimate of drug-likeness (QED) is 0.787. The van der Waals surface area contributed by atoms with E-state index < -0.39 is 0 Å². The fourth-order valence-electron chi connectivity index (χ4n) is 1.98. The van der Waals surface area contributed by atoms with Gasteiger partial charge in [-0.15, -0.1) is 0 Å². The van der Waals surface area contributed by atoms with Gasteiger partial charge in [-0.25, -0.2) is 0 Å². The number of hydrogen-bond donors (Lipinski definition) is 2. The summed E-state index contributed by atoms with van der Waals surface area (Å²) >= 11 is 11.9. The third-order valence-electron chi connectivity index (χ3n) is 3.45. The molecule has 0 atom stereocenters. The highest BCUT2D eigenvalue weighted by molar-refractivity contribution is 6.37. The molecule has 2 aromatic carbocycles. The van der Waals surface area contributed by atoms with E-state index in [0.717, 1.165) is 5.56 Å². The minimum absolute atomic E-state index is 0.0862. The number of carbonyl (C=O) groups excluding carboxylic acids is 2. The Morgan fingerprint density at radius 2 is 1.71 bits per heavy atom. The van der Waals surface area contributed by atoms with Crippen LogP contribution in [-0.4, -0.2) is 11.8 Å². The van der Waals surface area contributed by atoms with Gasteiger partial charge < -0.3 is 10.6 Å². The summed E-state index contributed by atoms with van der Waals surface area (Å²) < 4.78 is 0. The lowest BCUT2D eigenvalue weighted by molar-refractivity contribution is -0.118. The van der Waals surface area contributed by atoms with Gasteiger partial charge in [0.15, 0.2) is 0 Å². The van der Waals surface area contributed by atoms with Gasteiger partial charge in [0.05, 0.1) is 10.6 Å². The monoisotopic (exact) mass is 364 g/mol. The summed E-state index contributed by atoms with van der Waals surface area (Å²) in [5, 5.41) is 6.36. The van der Waals surface area contributed by atoms with Crippen molar-refractivity contribution in [2.24, 2.45) is 5.92 Å². The second-order valence-corrected chi connectivity index (χ2v) is 6.60. The van der Waals surface area contributed by atoms with E-state index >= 15 is 0 Å². The highest BCUT2D eigenvalue weighted by Gasteiger charge is 2.13. The van der Waals surface area contributed by atoms with Crippen molar-refractivity contribution in [2.75, 3.05) is 10.6 Å². The Morgan fingerprint density at radius 1 is 1.00 bits per heavy atom. The summed E-state index contributed by atoms with van der Waals surface area (Å²) in [4.78, 5) is 24.2. The number of nitrogens with one attached hydrogen (secondary N) is 2. The van der Waals surface area contributed by atoms with Crippen LogP contribution in [0.1, 0.15) is 29.8 Å². The molecule has 2 amide bonds. The molecule has 0 heterocycles. The van der Waals surface area contributed by atoms with Crippen molar-refractivity contribution in [1.29, 1.82) is 0 Å². The summed E-state index contributed by atoms with van der Waals surface area (Å²) in [5.74, 6) is -0.554. The molecule has 4 nitrogen and oxygen atoms in total. The number of amides is 2. The average molecular weight is 365 g/mol. The van der Waals surface area contributed by atoms with Crippen LogP contribution >= 0.6 is 23.2 Å². The zero-order valence-electron chi connectivity index (χ0n) is 13.6. The second-order valence-electron chi connectivity index (χ2n) is 5.75. The molecule has 0 radical (unpaired) electrons. The third-order valence-corrected chi connectivity index (χ3v) is 4.00. The maximum atomic E-state index is 12.4. The van der Waals surface area contributed by atoms with Gasteiger partial charge in [0, 0.05) is 22.3 Å². The lowest BCUT2D eigenvalue weighted by Crippen LogP contribution is -2.18. The van der Waals surface area contributed by atoms with Crippen LogP contribution < -0.4 is 10.6 Å². The molecule has 2 rings (SSSR count). The first-order chi connectivity index (χ1) is 11.3. The fraction of sp³-hybridized carbons (Fsp3) is 0.222. The Kier molecular flexibility index (Phi) is 5.86. The van der Waals surface area contributed by atoms with E-state index in [9.17, 15) is 9.59 Å². The van der Waals surface area contributed by atoms with E-state index in [1.807, 2.05) is 26.8 Å². The molecule has 0 aliphatic carbocycles. The number of aryl methyl sites for hydroxylation is 1. The molecule has 2 aromatic rings. The molecule has 0 aromatic heterocycles. The number of carbonyl (C=O) groups is 2. The van der Waals surface area contributed by atoms with Crippen LogP contribution in [0.2, 0.25) is 10.0 Å². The van der Waals surface area contributed by atoms with Crippen LogP contribution in [0.5, 0.6) is 0 Å². The first-order valence-corrected chi connectivity index (χ1v) is 8.21. The van der Waals surface area contributed by atoms with Gasteiger partial charge >= 0.3 is 0 Å². The highest BCUT2D eigenvalue weighted by atomic mass is 35.5. The van der Waals surface area contributed by atoms with Gasteiger partial charge in [-0.2, -0.15) is 0 Å². The van der Waals surface area contributed by atoms with Crippen LogP contribution in [0, 0.1) is 12.8 Å². The zero-order valence-corrected chi connectivity index (χ0v) is 15.1. The first kappa shape index (κ1) is 18.3. The average Bonchev–Trinajstić information content (AvgIpc) is 2.50. The molecule has 0 saturated carbocycles. The molecule has 0 fully saturated rings. The molecule has 126 valence electrons. The molecule has 0 aliphatic heterocycles. The normalized spacial score (nSPS) is 10.6. The highest BCUT2D eigenvalue weighted by Crippen LogP contribution is 2.25. The maximum absolute atomic E-state index is 12.4. The van der Waals surface area contributed by atoms with E-state index in [-0.39, 0.29) is 22.8 Å². The zero-order chi connectivity index (χ0) is 17.9. The summed E-state index contributed by atoms with van der Waals surface area (Å²) in [6.45, 7) is 5.50. The molecule has 0 bridgehead atoms. The van der Waals surface area contributed by atoms with Crippen LogP contribution in [0.15, 0.2) is 36.4 Å². The van der Waals surface area contributed by atoms with Crippen molar-refractivity contribution < 1.29 is 9.59 Å². The van der Waals surface area contributed by atoms with E-state index in [1.165, 1.54) is 6.07 Å². The van der Waals surface area contributed by atoms with Gasteiger partial charge in [0.1, 0.15) is 0 Å². The smallest absolute Gasteiger partial charge is 0.257 e. The van der Waals surface area contributed by atoms with Crippen LogP contribution in [0.4, 0.5) is 11.4 Å². The van der Waals surface area contributed by atoms with Crippen molar-refractivity contribution in [3.05, 3.63) is 57.6 Å². The van der Waals surface area contributed by atoms with Gasteiger partial charge in [-0.05, 0) is 42.8 Å². The molecule has 0 aliphatic rings. The lowest BCUT2D eigenvalue weighted by Gasteiger charge is -2.13. The van der Waals surface area contributed by atoms with Gasteiger partial charge in [-0.1, -0.05) is 43.1 Å². The molecule has 2 N–H and O–H groups in total. The standard InChI is InChI=1S/C18H18Cl2N2O2/c1-10(2)17(23)21-13-6-4-11(3)16(9-13)22-18(24)14-7-5-12(19)8-15(14)20/h4-10H,1-3H3,(H,21,23)(H,22,24). The molecule has 6 heteroatoms. The Hall–Kier alpha value is -2.04. The number of benzene rings is 2. The Balaban J connectivity index is 2.22. The van der Waals surface area contributed by atoms with E-state index in [2.05, 4.69) is 10.6 Å². The third kappa shape index (κ3) is 4.49. The Labute approximate surface area is 151 Å². The number of rotatable bonds is 4. The maximum Gasteiger partial charge on any atom is 0.257 e. The SMILES string of the molecule is Cc1ccc(NC(=O)C(C)C)cc1NC(=O)c1ccc(Cl)cc1Cl. The van der Waals surface area contributed by atoms with Gasteiger partial charge in [-0.3, -0.25) is 9.59 Å². The van der Waals surface area contributed by atoms with Crippen molar-refractivity contribution >= 4 is 46.4 Å². The van der Waals surface area contributed by atoms with Crippen molar-refractivity contribution in [3.8, 4) is 0 Å². The minimum atomic E-state index is -0.341. The molecule has 0 spiro atoms. The largest absolute Gasteiger partial charge is 0.326 e. The van der Waals surface area contributed by atoms with Crippen LogP contribution in [-0.2, 0) is 4.79 Å². The number of hydrogen-bond acceptors (Lipinski definition) is 2. The van der Waals surface area contributed by atoms with E-state index in [0.29, 0.717) is 22.0 Å². The summed E-state index contributed by atoms with van der Waals surface area (Å²) in [7, 11) is 0. The minimum Gasteiger partial charge on any atom is -0.326 e. The summed E-state index contributed by atoms with van der Waals surface area (Å²) in [6, 6.07) is 10.0. The van der Waals surface area contributed by atoms with E-state index in [4.69, 9.17) is 23.2 Å². The summed E-state index contributed by atoms with van der Waals surface area (Å²) in [5.41, 5.74) is 2.43. The Bertz CT molecular complexity index is 789. The number of halogens is 2. The van der Waals surface area contributed by atoms with Gasteiger partial charge in [0.25, 0.3) is 5.91 Å². The summed E-state index contributed by atoms with van der Waals surface area (Å²) in [6.07, 6.45) is 0. The van der Waals surface area contributed by atoms with Crippen molar-refractivity contribution in [1.82, 2.24) is 0 Å². The molecule has 0 unspecified atom stereocenters. The van der Waals surface area contributed by atoms with Crippen molar-refractivity contribution in [3.63, 3.8) is 0 Å². The first-order valence-electron chi connectivity index (χ1n) is 7.46. The second kappa shape index (κ2) is 7.69. The predicted molar refractivity (Wildman–Crippen MR) is 99.1 cm³/mol. The van der Waals surface area contributed by atoms with Crippen molar-refractivity contribution in [2.45, 2.75) is 20.8 Å². The molecular weight excluding hydrogens is 347 g/mol. The van der Waals surface area contributed by atoms with Gasteiger partial charge in [0.2, 0.25) is 5.91 Å². The fourth-order valence-corrected chi connectivity index (χ4v) is 2.48. The molecular formula is C18H18Cl2N2O2. The predicted octanol–water partition coefficient (Wildman–Crippen LogP) is 5.15. The van der Waals surface area contributed by atoms with E-state index in [1.54, 1.807) is 24.3 Å². The number of anilines is 2. The topological polar surface area (TPSA) is 58.2 Å². The van der Waals surface area contributed by atoms with Crippen LogP contribution in [0.3, 0.4) is 0 Å². The van der Waals surface area contributed by atoms with Crippen LogP contribution in [0.25, 0.3) is 0 Å².